The smallest absolute Gasteiger partial charge is 0.251 e. The van der Waals surface area contributed by atoms with Crippen molar-refractivity contribution in [1.82, 2.24) is 5.32 Å². The van der Waals surface area contributed by atoms with Crippen LogP contribution in [0.5, 0.6) is 0 Å². The van der Waals surface area contributed by atoms with Gasteiger partial charge in [-0.1, -0.05) is 46.8 Å². The van der Waals surface area contributed by atoms with Crippen LogP contribution in [-0.2, 0) is 6.42 Å². The first-order valence-corrected chi connectivity index (χ1v) is 6.65. The van der Waals surface area contributed by atoms with E-state index in [4.69, 9.17) is 0 Å². The van der Waals surface area contributed by atoms with Crippen molar-refractivity contribution >= 4 is 5.91 Å². The first-order valence-electron chi connectivity index (χ1n) is 6.65. The molecule has 1 N–H and O–H groups in total. The largest absolute Gasteiger partial charge is 0.352 e. The van der Waals surface area contributed by atoms with Crippen LogP contribution < -0.4 is 5.32 Å². The molecule has 2 nitrogen and oxygen atoms in total. The molecular formula is C16H25NO. The Kier molecular flexibility index (Phi) is 4.94. The van der Waals surface area contributed by atoms with Crippen LogP contribution in [0.4, 0.5) is 0 Å². The van der Waals surface area contributed by atoms with Crippen LogP contribution in [0.15, 0.2) is 24.3 Å². The number of amides is 1. The first-order chi connectivity index (χ1) is 8.28. The summed E-state index contributed by atoms with van der Waals surface area (Å²) >= 11 is 0. The van der Waals surface area contributed by atoms with Crippen LogP contribution in [0.25, 0.3) is 0 Å². The Morgan fingerprint density at radius 1 is 1.17 bits per heavy atom. The molecule has 0 unspecified atom stereocenters. The van der Waals surface area contributed by atoms with Crippen molar-refractivity contribution in [3.63, 3.8) is 0 Å². The lowest BCUT2D eigenvalue weighted by Gasteiger charge is -2.18. The van der Waals surface area contributed by atoms with E-state index in [1.54, 1.807) is 0 Å². The lowest BCUT2D eigenvalue weighted by atomic mass is 9.88. The molecule has 0 saturated heterocycles. The minimum atomic E-state index is 0.0195. The van der Waals surface area contributed by atoms with Gasteiger partial charge in [0.25, 0.3) is 5.91 Å². The molecule has 0 heterocycles. The fraction of sp³-hybridized carbons (Fsp3) is 0.562. The van der Waals surface area contributed by atoms with Gasteiger partial charge in [0.1, 0.15) is 0 Å². The standard InChI is InChI=1S/C16H25NO/c1-12(2)11-17-15(18)14-8-6-13(7-9-14)10-16(3,4)5/h6-9,12H,10-11H2,1-5H3,(H,17,18). The number of carbonyl (C=O) groups is 1. The van der Waals surface area contributed by atoms with Gasteiger partial charge < -0.3 is 5.32 Å². The van der Waals surface area contributed by atoms with E-state index in [9.17, 15) is 4.79 Å². The predicted molar refractivity (Wildman–Crippen MR) is 76.8 cm³/mol. The number of nitrogens with one attached hydrogen (secondary N) is 1. The van der Waals surface area contributed by atoms with Gasteiger partial charge in [0, 0.05) is 12.1 Å². The van der Waals surface area contributed by atoms with Gasteiger partial charge in [-0.05, 0) is 35.4 Å². The van der Waals surface area contributed by atoms with Gasteiger partial charge in [-0.3, -0.25) is 4.79 Å². The average Bonchev–Trinajstić information content (AvgIpc) is 2.24. The van der Waals surface area contributed by atoms with Crippen LogP contribution in [0, 0.1) is 11.3 Å². The Morgan fingerprint density at radius 2 is 1.72 bits per heavy atom. The van der Waals surface area contributed by atoms with Gasteiger partial charge in [-0.15, -0.1) is 0 Å². The second-order valence-electron chi connectivity index (χ2n) is 6.54. The van der Waals surface area contributed by atoms with Crippen molar-refractivity contribution in [3.8, 4) is 0 Å². The van der Waals surface area contributed by atoms with Crippen LogP contribution >= 0.6 is 0 Å². The molecule has 0 fully saturated rings. The number of hydrogen-bond acceptors (Lipinski definition) is 1. The van der Waals surface area contributed by atoms with Gasteiger partial charge in [0.15, 0.2) is 0 Å². The first kappa shape index (κ1) is 14.7. The number of rotatable bonds is 4. The SMILES string of the molecule is CC(C)CNC(=O)c1ccc(CC(C)(C)C)cc1. The molecule has 0 saturated carbocycles. The summed E-state index contributed by atoms with van der Waals surface area (Å²) in [4.78, 5) is 11.8. The summed E-state index contributed by atoms with van der Waals surface area (Å²) in [5.41, 5.74) is 2.30. The second-order valence-corrected chi connectivity index (χ2v) is 6.54. The minimum Gasteiger partial charge on any atom is -0.352 e. The fourth-order valence-corrected chi connectivity index (χ4v) is 1.79. The van der Waals surface area contributed by atoms with Gasteiger partial charge in [-0.2, -0.15) is 0 Å². The third-order valence-electron chi connectivity index (χ3n) is 2.62. The highest BCUT2D eigenvalue weighted by molar-refractivity contribution is 5.94. The van der Waals surface area contributed by atoms with E-state index < -0.39 is 0 Å². The summed E-state index contributed by atoms with van der Waals surface area (Å²) in [5, 5.41) is 2.93. The van der Waals surface area contributed by atoms with Gasteiger partial charge in [0.2, 0.25) is 0 Å². The number of benzene rings is 1. The summed E-state index contributed by atoms with van der Waals surface area (Å²) < 4.78 is 0. The molecule has 1 aromatic rings. The molecule has 1 rings (SSSR count). The molecule has 0 aliphatic carbocycles. The zero-order valence-corrected chi connectivity index (χ0v) is 12.2. The molecule has 2 heteroatoms. The normalized spacial score (nSPS) is 11.7. The monoisotopic (exact) mass is 247 g/mol. The Hall–Kier alpha value is -1.31. The molecule has 0 aliphatic heterocycles. The second kappa shape index (κ2) is 6.03. The lowest BCUT2D eigenvalue weighted by Crippen LogP contribution is -2.27. The van der Waals surface area contributed by atoms with Crippen molar-refractivity contribution in [1.29, 1.82) is 0 Å². The molecule has 0 aromatic heterocycles. The zero-order valence-electron chi connectivity index (χ0n) is 12.2. The highest BCUT2D eigenvalue weighted by Crippen LogP contribution is 2.20. The highest BCUT2D eigenvalue weighted by Gasteiger charge is 2.12. The maximum Gasteiger partial charge on any atom is 0.251 e. The fourth-order valence-electron chi connectivity index (χ4n) is 1.79. The van der Waals surface area contributed by atoms with Crippen LogP contribution in [-0.4, -0.2) is 12.5 Å². The Balaban J connectivity index is 2.62. The molecule has 0 bridgehead atoms. The van der Waals surface area contributed by atoms with Gasteiger partial charge >= 0.3 is 0 Å². The van der Waals surface area contributed by atoms with E-state index >= 15 is 0 Å². The minimum absolute atomic E-state index is 0.0195. The molecule has 1 amide bonds. The van der Waals surface area contributed by atoms with E-state index in [1.165, 1.54) is 5.56 Å². The Morgan fingerprint density at radius 3 is 2.17 bits per heavy atom. The van der Waals surface area contributed by atoms with Crippen LogP contribution in [0.2, 0.25) is 0 Å². The predicted octanol–water partition coefficient (Wildman–Crippen LogP) is 3.66. The summed E-state index contributed by atoms with van der Waals surface area (Å²) in [7, 11) is 0. The maximum atomic E-state index is 11.8. The van der Waals surface area contributed by atoms with Crippen molar-refractivity contribution < 1.29 is 4.79 Å². The van der Waals surface area contributed by atoms with Crippen LogP contribution in [0.3, 0.4) is 0 Å². The molecular weight excluding hydrogens is 222 g/mol. The molecule has 100 valence electrons. The van der Waals surface area contributed by atoms with Crippen molar-refractivity contribution in [2.75, 3.05) is 6.54 Å². The zero-order chi connectivity index (χ0) is 13.8. The average molecular weight is 247 g/mol. The summed E-state index contributed by atoms with van der Waals surface area (Å²) in [6.45, 7) is 11.6. The van der Waals surface area contributed by atoms with Gasteiger partial charge in [-0.25, -0.2) is 0 Å². The number of hydrogen-bond donors (Lipinski definition) is 1. The summed E-state index contributed by atoms with van der Waals surface area (Å²) in [6.07, 6.45) is 1.03. The van der Waals surface area contributed by atoms with Crippen molar-refractivity contribution in [3.05, 3.63) is 35.4 Å². The topological polar surface area (TPSA) is 29.1 Å². The van der Waals surface area contributed by atoms with E-state index in [-0.39, 0.29) is 11.3 Å². The molecule has 0 aliphatic rings. The molecule has 1 aromatic carbocycles. The van der Waals surface area contributed by atoms with Crippen molar-refractivity contribution in [2.45, 2.75) is 41.0 Å². The maximum absolute atomic E-state index is 11.8. The number of carbonyl (C=O) groups excluding carboxylic acids is 1. The van der Waals surface area contributed by atoms with E-state index in [1.807, 2.05) is 12.1 Å². The summed E-state index contributed by atoms with van der Waals surface area (Å²) in [5.74, 6) is 0.500. The highest BCUT2D eigenvalue weighted by atomic mass is 16.1. The molecule has 0 radical (unpaired) electrons. The third kappa shape index (κ3) is 5.35. The summed E-state index contributed by atoms with van der Waals surface area (Å²) in [6, 6.07) is 7.93. The third-order valence-corrected chi connectivity index (χ3v) is 2.62. The van der Waals surface area contributed by atoms with Crippen molar-refractivity contribution in [2.24, 2.45) is 11.3 Å². The van der Waals surface area contributed by atoms with E-state index in [0.717, 1.165) is 18.5 Å². The molecule has 18 heavy (non-hydrogen) atoms. The van der Waals surface area contributed by atoms with Gasteiger partial charge in [0.05, 0.1) is 0 Å². The Labute approximate surface area is 111 Å². The lowest BCUT2D eigenvalue weighted by molar-refractivity contribution is 0.0949. The van der Waals surface area contributed by atoms with E-state index in [2.05, 4.69) is 52.1 Å². The Bertz CT molecular complexity index is 385. The quantitative estimate of drug-likeness (QED) is 0.864. The van der Waals surface area contributed by atoms with E-state index in [0.29, 0.717) is 5.92 Å². The molecule has 0 atom stereocenters. The molecule has 0 spiro atoms. The van der Waals surface area contributed by atoms with Crippen LogP contribution in [0.1, 0.15) is 50.5 Å².